The first-order valence-electron chi connectivity index (χ1n) is 14.2. The zero-order valence-electron chi connectivity index (χ0n) is 25.5. The van der Waals surface area contributed by atoms with Gasteiger partial charge in [0, 0.05) is 15.9 Å². The van der Waals surface area contributed by atoms with Crippen LogP contribution >= 0.6 is 11.8 Å². The van der Waals surface area contributed by atoms with Gasteiger partial charge in [-0.15, -0.1) is 0 Å². The molecule has 0 atom stereocenters. The minimum atomic E-state index is 0.198. The summed E-state index contributed by atoms with van der Waals surface area (Å²) in [6.45, 7) is 23.5. The number of benzene rings is 3. The Hall–Kier alpha value is -2.32. The summed E-state index contributed by atoms with van der Waals surface area (Å²) in [6.07, 6.45) is 5.51. The maximum absolute atomic E-state index is 2.50. The zero-order valence-corrected chi connectivity index (χ0v) is 26.3. The molecule has 0 radical (unpaired) electrons. The Balaban J connectivity index is 1.86. The highest BCUT2D eigenvalue weighted by Gasteiger charge is 2.33. The second kappa shape index (κ2) is 9.12. The van der Waals surface area contributed by atoms with Crippen LogP contribution in [-0.4, -0.2) is 0 Å². The van der Waals surface area contributed by atoms with Gasteiger partial charge < -0.3 is 0 Å². The van der Waals surface area contributed by atoms with E-state index in [1.54, 1.807) is 0 Å². The average molecular weight is 525 g/mol. The Morgan fingerprint density at radius 1 is 0.711 bits per heavy atom. The Morgan fingerprint density at radius 2 is 1.34 bits per heavy atom. The maximum atomic E-state index is 2.50. The third-order valence-electron chi connectivity index (χ3n) is 7.57. The summed E-state index contributed by atoms with van der Waals surface area (Å²) in [5.74, 6) is 0. The van der Waals surface area contributed by atoms with Crippen LogP contribution in [0.2, 0.25) is 0 Å². The number of pyridine rings is 1. The summed E-state index contributed by atoms with van der Waals surface area (Å²) < 4.78 is 2.37. The van der Waals surface area contributed by atoms with Crippen LogP contribution in [-0.2, 0) is 26.3 Å². The van der Waals surface area contributed by atoms with Gasteiger partial charge in [-0.25, -0.2) is 4.57 Å². The number of rotatable bonds is 3. The molecule has 1 aromatic heterocycles. The molecular weight excluding hydrogens is 478 g/mol. The quantitative estimate of drug-likeness (QED) is 0.212. The summed E-state index contributed by atoms with van der Waals surface area (Å²) >= 11 is 2.02. The molecule has 0 N–H and O–H groups in total. The smallest absolute Gasteiger partial charge is 0.200 e. The normalized spacial score (nSPS) is 13.9. The first-order chi connectivity index (χ1) is 17.5. The maximum Gasteiger partial charge on any atom is 0.222 e. The summed E-state index contributed by atoms with van der Waals surface area (Å²) in [5, 5.41) is 5.65. The van der Waals surface area contributed by atoms with Gasteiger partial charge in [-0.05, 0) is 86.9 Å². The van der Waals surface area contributed by atoms with Gasteiger partial charge in [-0.3, -0.25) is 0 Å². The molecule has 1 aliphatic rings. The molecule has 0 aliphatic carbocycles. The lowest BCUT2D eigenvalue weighted by molar-refractivity contribution is -0.659. The van der Waals surface area contributed by atoms with Crippen molar-refractivity contribution in [1.82, 2.24) is 0 Å². The van der Waals surface area contributed by atoms with Gasteiger partial charge in [0.1, 0.15) is 7.05 Å². The van der Waals surface area contributed by atoms with Crippen molar-refractivity contribution in [2.24, 2.45) is 23.3 Å². The number of aromatic nitrogens is 1. The topological polar surface area (TPSA) is 3.88 Å². The van der Waals surface area contributed by atoms with Crippen molar-refractivity contribution in [2.75, 3.05) is 0 Å². The van der Waals surface area contributed by atoms with Gasteiger partial charge in [0.25, 0.3) is 0 Å². The molecule has 1 aliphatic heterocycles. The summed E-state index contributed by atoms with van der Waals surface area (Å²) in [4.78, 5) is 2.88. The summed E-state index contributed by atoms with van der Waals surface area (Å²) in [6, 6.07) is 14.5. The number of nitrogens with zero attached hydrogens (tertiary/aromatic N) is 1. The molecule has 2 heteroatoms. The van der Waals surface area contributed by atoms with Gasteiger partial charge in [-0.1, -0.05) is 98.3 Å². The van der Waals surface area contributed by atoms with E-state index in [1.165, 1.54) is 64.8 Å². The van der Waals surface area contributed by atoms with E-state index in [2.05, 4.69) is 123 Å². The highest BCUT2D eigenvalue weighted by atomic mass is 32.2. The number of hydrogen-bond donors (Lipinski definition) is 0. The van der Waals surface area contributed by atoms with Crippen molar-refractivity contribution in [3.8, 4) is 11.3 Å². The second-order valence-electron chi connectivity index (χ2n) is 15.3. The largest absolute Gasteiger partial charge is 0.222 e. The molecule has 3 aromatic carbocycles. The predicted molar refractivity (Wildman–Crippen MR) is 166 cm³/mol. The lowest BCUT2D eigenvalue weighted by atomic mass is 9.81. The van der Waals surface area contributed by atoms with E-state index in [4.69, 9.17) is 0 Å². The molecule has 0 saturated heterocycles. The lowest BCUT2D eigenvalue weighted by Gasteiger charge is -2.29. The van der Waals surface area contributed by atoms with E-state index in [-0.39, 0.29) is 16.2 Å². The molecule has 0 spiro atoms. The number of aryl methyl sites for hydroxylation is 2. The fourth-order valence-corrected chi connectivity index (χ4v) is 7.70. The van der Waals surface area contributed by atoms with Crippen LogP contribution in [0, 0.1) is 23.2 Å². The van der Waals surface area contributed by atoms with Crippen molar-refractivity contribution in [3.05, 3.63) is 64.8 Å². The Bertz CT molecular complexity index is 1570. The third kappa shape index (κ3) is 5.26. The Kier molecular flexibility index (Phi) is 6.54. The van der Waals surface area contributed by atoms with Crippen molar-refractivity contribution < 1.29 is 4.57 Å². The average Bonchev–Trinajstić information content (AvgIpc) is 2.75. The van der Waals surface area contributed by atoms with Crippen LogP contribution in [0.5, 0.6) is 0 Å². The second-order valence-corrected chi connectivity index (χ2v) is 16.4. The number of fused-ring (bicyclic) bond motifs is 3. The highest BCUT2D eigenvalue weighted by Crippen LogP contribution is 2.53. The van der Waals surface area contributed by atoms with Crippen LogP contribution in [0.25, 0.3) is 32.8 Å². The first kappa shape index (κ1) is 27.3. The standard InChI is InChI=1S/C36H46NS/c1-22-27-17-23(19-34(2,3)4)12-13-26(27)28(21-36(8,9)10)33-30(22)32-31-25(14-15-37(32)11)16-24(18-29(31)38-33)20-35(5,6)7/h12-18H,19-21H2,1-11H3/q+1. The SMILES string of the molecule is Cc1c2c(c(CC(C)(C)C)c3ccc(CC(C)(C)C)cc13)Sc1cc(CC(C)(C)C)cc3cc[n+](C)c-2c13. The fourth-order valence-electron chi connectivity index (χ4n) is 6.30. The molecule has 5 rings (SSSR count). The summed E-state index contributed by atoms with van der Waals surface area (Å²) in [5.41, 5.74) is 9.36. The van der Waals surface area contributed by atoms with Gasteiger partial charge in [0.05, 0.1) is 10.9 Å². The van der Waals surface area contributed by atoms with E-state index >= 15 is 0 Å². The molecule has 0 saturated carbocycles. The third-order valence-corrected chi connectivity index (χ3v) is 8.77. The van der Waals surface area contributed by atoms with Crippen molar-refractivity contribution in [1.29, 1.82) is 0 Å². The van der Waals surface area contributed by atoms with E-state index < -0.39 is 0 Å². The van der Waals surface area contributed by atoms with Crippen LogP contribution in [0.4, 0.5) is 0 Å². The molecule has 200 valence electrons. The highest BCUT2D eigenvalue weighted by molar-refractivity contribution is 7.99. The van der Waals surface area contributed by atoms with Crippen molar-refractivity contribution in [2.45, 2.75) is 98.3 Å². The monoisotopic (exact) mass is 524 g/mol. The molecule has 1 nitrogen and oxygen atoms in total. The van der Waals surface area contributed by atoms with E-state index in [1.807, 2.05) is 11.8 Å². The molecule has 0 fully saturated rings. The Labute approximate surface area is 235 Å². The molecule has 0 amide bonds. The number of hydrogen-bond acceptors (Lipinski definition) is 1. The molecule has 38 heavy (non-hydrogen) atoms. The van der Waals surface area contributed by atoms with Gasteiger partial charge in [0.2, 0.25) is 5.69 Å². The van der Waals surface area contributed by atoms with Crippen LogP contribution < -0.4 is 4.57 Å². The van der Waals surface area contributed by atoms with E-state index in [9.17, 15) is 0 Å². The van der Waals surface area contributed by atoms with Gasteiger partial charge in [0.15, 0.2) is 6.20 Å². The zero-order chi connectivity index (χ0) is 27.8. The lowest BCUT2D eigenvalue weighted by Crippen LogP contribution is -2.32. The van der Waals surface area contributed by atoms with Crippen LogP contribution in [0.15, 0.2) is 52.4 Å². The van der Waals surface area contributed by atoms with Crippen molar-refractivity contribution in [3.63, 3.8) is 0 Å². The first-order valence-corrected chi connectivity index (χ1v) is 15.0. The Morgan fingerprint density at radius 3 is 1.97 bits per heavy atom. The molecule has 0 unspecified atom stereocenters. The fraction of sp³-hybridized carbons (Fsp3) is 0.472. The molecule has 2 heterocycles. The van der Waals surface area contributed by atoms with Gasteiger partial charge in [-0.2, -0.15) is 0 Å². The van der Waals surface area contributed by atoms with Crippen LogP contribution in [0.1, 0.15) is 84.6 Å². The minimum Gasteiger partial charge on any atom is -0.200 e. The molecule has 4 aromatic rings. The minimum absolute atomic E-state index is 0.198. The molecule has 0 bridgehead atoms. The van der Waals surface area contributed by atoms with Gasteiger partial charge >= 0.3 is 0 Å². The predicted octanol–water partition coefficient (Wildman–Crippen LogP) is 10.0. The van der Waals surface area contributed by atoms with E-state index in [0.717, 1.165) is 19.3 Å². The van der Waals surface area contributed by atoms with Crippen LogP contribution in [0.3, 0.4) is 0 Å². The molecular formula is C36H46NS+. The summed E-state index contributed by atoms with van der Waals surface area (Å²) in [7, 11) is 2.23. The van der Waals surface area contributed by atoms with E-state index in [0.29, 0.717) is 0 Å². The van der Waals surface area contributed by atoms with Crippen molar-refractivity contribution >= 4 is 33.3 Å².